The first-order valence-corrected chi connectivity index (χ1v) is 6.68. The topological polar surface area (TPSA) is 40.5 Å². The van der Waals surface area contributed by atoms with E-state index in [1.54, 1.807) is 0 Å². The van der Waals surface area contributed by atoms with E-state index in [1.165, 1.54) is 0 Å². The second-order valence-electron chi connectivity index (χ2n) is 5.71. The third-order valence-electron chi connectivity index (χ3n) is 3.77. The van der Waals surface area contributed by atoms with Crippen LogP contribution in [0.4, 0.5) is 70.2 Å². The molecule has 0 aromatic heterocycles. The molecule has 0 spiro atoms. The zero-order chi connectivity index (χ0) is 24.1. The predicted molar refractivity (Wildman–Crippen MR) is 57.9 cm³/mol. The highest BCUT2D eigenvalue weighted by Crippen LogP contribution is 2.55. The number of hydrogen-bond donors (Lipinski definition) is 2. The van der Waals surface area contributed by atoms with Crippen LogP contribution in [0.3, 0.4) is 0 Å². The van der Waals surface area contributed by atoms with E-state index in [4.69, 9.17) is 10.2 Å². The van der Waals surface area contributed by atoms with Gasteiger partial charge in [0.2, 0.25) is 11.2 Å². The largest absolute Gasteiger partial charge is 0.456 e. The maximum absolute atomic E-state index is 13.0. The van der Waals surface area contributed by atoms with Crippen molar-refractivity contribution in [2.24, 2.45) is 0 Å². The molecule has 0 radical (unpaired) electrons. The fraction of sp³-hybridized carbons (Fsp3) is 1.00. The van der Waals surface area contributed by atoms with Gasteiger partial charge in [0.05, 0.1) is 0 Å². The standard InChI is InChI=1S/C11H8F16O2/c12-6(13,10(22,23)24)4(28,8(16,17)18)2-1-3-5(29,9(19,20)21)7(14,15)11(25,26)27/h28-29H,1-3H2. The molecule has 0 bridgehead atoms. The average Bonchev–Trinajstić information content (AvgIpc) is 2.41. The van der Waals surface area contributed by atoms with Crippen LogP contribution in [0.1, 0.15) is 19.3 Å². The molecule has 0 aliphatic carbocycles. The first-order valence-electron chi connectivity index (χ1n) is 6.68. The van der Waals surface area contributed by atoms with Crippen LogP contribution in [0.5, 0.6) is 0 Å². The molecule has 0 saturated heterocycles. The summed E-state index contributed by atoms with van der Waals surface area (Å²) in [4.78, 5) is 0. The fourth-order valence-electron chi connectivity index (χ4n) is 2.02. The molecule has 176 valence electrons. The highest BCUT2D eigenvalue weighted by atomic mass is 19.4. The Hall–Kier alpha value is -1.20. The monoisotopic (exact) mass is 476 g/mol. The van der Waals surface area contributed by atoms with Gasteiger partial charge >= 0.3 is 36.6 Å². The number of halogens is 16. The van der Waals surface area contributed by atoms with Gasteiger partial charge in [-0.15, -0.1) is 0 Å². The van der Waals surface area contributed by atoms with Crippen LogP contribution in [0, 0.1) is 0 Å². The van der Waals surface area contributed by atoms with Gasteiger partial charge in [-0.25, -0.2) is 0 Å². The van der Waals surface area contributed by atoms with E-state index in [0.717, 1.165) is 0 Å². The second-order valence-corrected chi connectivity index (χ2v) is 5.71. The summed E-state index contributed by atoms with van der Waals surface area (Å²) in [7, 11) is 0. The van der Waals surface area contributed by atoms with Crippen molar-refractivity contribution in [3.63, 3.8) is 0 Å². The molecule has 2 atom stereocenters. The summed E-state index contributed by atoms with van der Waals surface area (Å²) >= 11 is 0. The zero-order valence-corrected chi connectivity index (χ0v) is 13.1. The molecule has 29 heavy (non-hydrogen) atoms. The quantitative estimate of drug-likeness (QED) is 0.522. The van der Waals surface area contributed by atoms with Crippen molar-refractivity contribution in [2.45, 2.75) is 67.0 Å². The molecule has 0 aliphatic rings. The molecule has 0 amide bonds. The molecule has 0 aliphatic heterocycles. The van der Waals surface area contributed by atoms with Crippen LogP contribution in [0.25, 0.3) is 0 Å². The number of alkyl halides is 16. The van der Waals surface area contributed by atoms with E-state index in [1.807, 2.05) is 0 Å². The maximum Gasteiger partial charge on any atom is 0.456 e. The number of hydrogen-bond acceptors (Lipinski definition) is 2. The molecule has 0 aromatic rings. The van der Waals surface area contributed by atoms with Crippen LogP contribution in [-0.2, 0) is 0 Å². The number of aliphatic hydroxyl groups is 2. The fourth-order valence-corrected chi connectivity index (χ4v) is 2.02. The van der Waals surface area contributed by atoms with Crippen molar-refractivity contribution >= 4 is 0 Å². The Balaban J connectivity index is 6.08. The van der Waals surface area contributed by atoms with Crippen LogP contribution in [0.15, 0.2) is 0 Å². The van der Waals surface area contributed by atoms with Crippen LogP contribution in [-0.4, -0.2) is 58.0 Å². The van der Waals surface area contributed by atoms with Gasteiger partial charge in [0.25, 0.3) is 0 Å². The van der Waals surface area contributed by atoms with Crippen molar-refractivity contribution in [1.29, 1.82) is 0 Å². The van der Waals surface area contributed by atoms with E-state index >= 15 is 0 Å². The van der Waals surface area contributed by atoms with Gasteiger partial charge in [-0.2, -0.15) is 70.2 Å². The molecule has 0 aromatic carbocycles. The molecule has 0 rings (SSSR count). The molecular formula is C11H8F16O2. The van der Waals surface area contributed by atoms with Crippen LogP contribution >= 0.6 is 0 Å². The van der Waals surface area contributed by atoms with Gasteiger partial charge in [-0.05, 0) is 19.3 Å². The first kappa shape index (κ1) is 27.8. The lowest BCUT2D eigenvalue weighted by atomic mass is 9.83. The molecule has 0 saturated carbocycles. The summed E-state index contributed by atoms with van der Waals surface area (Å²) in [5.41, 5.74) is -12.4. The smallest absolute Gasteiger partial charge is 0.376 e. The van der Waals surface area contributed by atoms with Crippen LogP contribution in [0.2, 0.25) is 0 Å². The molecule has 2 unspecified atom stereocenters. The van der Waals surface area contributed by atoms with Gasteiger partial charge < -0.3 is 10.2 Å². The summed E-state index contributed by atoms with van der Waals surface area (Å²) in [6, 6.07) is 0. The van der Waals surface area contributed by atoms with E-state index in [2.05, 4.69) is 0 Å². The Bertz CT molecular complexity index is 519. The average molecular weight is 476 g/mol. The van der Waals surface area contributed by atoms with Gasteiger partial charge in [-0.1, -0.05) is 0 Å². The molecule has 18 heteroatoms. The predicted octanol–water partition coefficient (Wildman–Crippen LogP) is 5.14. The lowest BCUT2D eigenvalue weighted by Gasteiger charge is -2.40. The Morgan fingerprint density at radius 3 is 0.724 bits per heavy atom. The van der Waals surface area contributed by atoms with Crippen LogP contribution < -0.4 is 0 Å². The highest BCUT2D eigenvalue weighted by Gasteiger charge is 2.81. The molecule has 2 N–H and O–H groups in total. The summed E-state index contributed by atoms with van der Waals surface area (Å²) in [6.45, 7) is 0. The first-order chi connectivity index (χ1) is 12.2. The maximum atomic E-state index is 13.0. The van der Waals surface area contributed by atoms with E-state index in [0.29, 0.717) is 0 Å². The summed E-state index contributed by atoms with van der Waals surface area (Å²) in [5, 5.41) is 17.6. The summed E-state index contributed by atoms with van der Waals surface area (Å²) in [5.74, 6) is -14.2. The van der Waals surface area contributed by atoms with Crippen molar-refractivity contribution in [3.05, 3.63) is 0 Å². The summed E-state index contributed by atoms with van der Waals surface area (Å²) in [6.07, 6.45) is -37.0. The SMILES string of the molecule is OC(CCCC(O)(C(F)(F)F)C(F)(F)C(F)(F)F)(C(F)(F)F)C(F)(F)C(F)(F)F. The third-order valence-corrected chi connectivity index (χ3v) is 3.77. The lowest BCUT2D eigenvalue weighted by molar-refractivity contribution is -0.411. The Kier molecular flexibility index (Phi) is 6.90. The van der Waals surface area contributed by atoms with Gasteiger partial charge in [0.15, 0.2) is 0 Å². The molecular weight excluding hydrogens is 468 g/mol. The Labute approximate surface area is 149 Å². The Morgan fingerprint density at radius 2 is 0.586 bits per heavy atom. The van der Waals surface area contributed by atoms with Crippen molar-refractivity contribution in [2.75, 3.05) is 0 Å². The van der Waals surface area contributed by atoms with Gasteiger partial charge in [0.1, 0.15) is 0 Å². The number of rotatable bonds is 6. The molecule has 0 fully saturated rings. The zero-order valence-electron chi connectivity index (χ0n) is 13.1. The van der Waals surface area contributed by atoms with E-state index in [9.17, 15) is 70.2 Å². The highest BCUT2D eigenvalue weighted by molar-refractivity contribution is 5.06. The lowest BCUT2D eigenvalue weighted by Crippen LogP contribution is -2.66. The third kappa shape index (κ3) is 4.46. The van der Waals surface area contributed by atoms with Crippen molar-refractivity contribution in [3.8, 4) is 0 Å². The van der Waals surface area contributed by atoms with Gasteiger partial charge in [-0.3, -0.25) is 0 Å². The minimum atomic E-state index is -7.15. The van der Waals surface area contributed by atoms with E-state index < -0.39 is 67.0 Å². The normalized spacial score (nSPS) is 19.7. The minimum absolute atomic E-state index is 2.61. The molecule has 0 heterocycles. The Morgan fingerprint density at radius 1 is 0.379 bits per heavy atom. The molecule has 2 nitrogen and oxygen atoms in total. The van der Waals surface area contributed by atoms with E-state index in [-0.39, 0.29) is 0 Å². The second kappa shape index (κ2) is 7.19. The summed E-state index contributed by atoms with van der Waals surface area (Å²) < 4.78 is 200. The van der Waals surface area contributed by atoms with Gasteiger partial charge in [0, 0.05) is 0 Å². The minimum Gasteiger partial charge on any atom is -0.376 e. The van der Waals surface area contributed by atoms with Crippen molar-refractivity contribution in [1.82, 2.24) is 0 Å². The van der Waals surface area contributed by atoms with Crippen molar-refractivity contribution < 1.29 is 80.5 Å².